The quantitative estimate of drug-likeness (QED) is 0.753. The number of nitrogens with one attached hydrogen (secondary N) is 1. The molecule has 0 aliphatic rings. The molecule has 0 unspecified atom stereocenters. The first-order valence-corrected chi connectivity index (χ1v) is 8.42. The zero-order valence-electron chi connectivity index (χ0n) is 15.2. The summed E-state index contributed by atoms with van der Waals surface area (Å²) in [5.74, 6) is 1.52. The summed E-state index contributed by atoms with van der Waals surface area (Å²) in [7, 11) is 0. The maximum atomic E-state index is 9.18. The number of rotatable bonds is 5. The summed E-state index contributed by atoms with van der Waals surface area (Å²) in [6.07, 6.45) is 3.48. The predicted octanol–water partition coefficient (Wildman–Crippen LogP) is 3.93. The van der Waals surface area contributed by atoms with Gasteiger partial charge < -0.3 is 10.1 Å². The summed E-state index contributed by atoms with van der Waals surface area (Å²) in [6, 6.07) is 11.5. The zero-order valence-corrected chi connectivity index (χ0v) is 15.2. The van der Waals surface area contributed by atoms with Gasteiger partial charge in [-0.15, -0.1) is 0 Å². The monoisotopic (exact) mass is 347 g/mol. The highest BCUT2D eigenvalue weighted by Gasteiger charge is 2.14. The number of anilines is 1. The molecule has 1 N–H and O–H groups in total. The van der Waals surface area contributed by atoms with Crippen LogP contribution in [0, 0.1) is 16.7 Å². The second-order valence-electron chi connectivity index (χ2n) is 7.24. The largest absolute Gasteiger partial charge is 0.489 e. The van der Waals surface area contributed by atoms with E-state index in [0.29, 0.717) is 17.9 Å². The fraction of sp³-hybridized carbons (Fsp3) is 0.300. The van der Waals surface area contributed by atoms with Crippen LogP contribution >= 0.6 is 0 Å². The van der Waals surface area contributed by atoms with E-state index in [4.69, 9.17) is 4.74 Å². The molecule has 132 valence electrons. The van der Waals surface area contributed by atoms with Crippen molar-refractivity contribution in [1.82, 2.24) is 15.0 Å². The summed E-state index contributed by atoms with van der Waals surface area (Å²) in [4.78, 5) is 12.6. The fourth-order valence-corrected chi connectivity index (χ4v) is 2.38. The van der Waals surface area contributed by atoms with E-state index in [1.165, 1.54) is 0 Å². The Balaban J connectivity index is 1.89. The Bertz CT molecular complexity index is 942. The highest BCUT2D eigenvalue weighted by molar-refractivity contribution is 5.90. The van der Waals surface area contributed by atoms with Gasteiger partial charge in [-0.1, -0.05) is 20.8 Å². The predicted molar refractivity (Wildman–Crippen MR) is 101 cm³/mol. The molecule has 0 aliphatic heterocycles. The van der Waals surface area contributed by atoms with Crippen LogP contribution in [-0.2, 0) is 6.61 Å². The van der Waals surface area contributed by atoms with Gasteiger partial charge in [0.05, 0.1) is 5.52 Å². The summed E-state index contributed by atoms with van der Waals surface area (Å²) in [5.41, 5.74) is 1.84. The number of hydrogen-bond acceptors (Lipinski definition) is 6. The summed E-state index contributed by atoms with van der Waals surface area (Å²) in [6.45, 7) is 7.59. The van der Waals surface area contributed by atoms with E-state index in [1.54, 1.807) is 12.4 Å². The molecule has 0 spiro atoms. The Morgan fingerprint density at radius 3 is 2.58 bits per heavy atom. The molecular formula is C20H21N5O. The maximum absolute atomic E-state index is 9.18. The van der Waals surface area contributed by atoms with E-state index < -0.39 is 0 Å². The fourth-order valence-electron chi connectivity index (χ4n) is 2.38. The number of aromatic nitrogens is 3. The molecule has 3 rings (SSSR count). The van der Waals surface area contributed by atoms with Crippen LogP contribution in [0.3, 0.4) is 0 Å². The van der Waals surface area contributed by atoms with Gasteiger partial charge in [0.25, 0.3) is 0 Å². The molecule has 6 heteroatoms. The van der Waals surface area contributed by atoms with Crippen molar-refractivity contribution in [2.24, 2.45) is 5.41 Å². The first-order valence-electron chi connectivity index (χ1n) is 8.42. The number of pyridine rings is 1. The highest BCUT2D eigenvalue weighted by atomic mass is 16.5. The van der Waals surface area contributed by atoms with Gasteiger partial charge >= 0.3 is 0 Å². The highest BCUT2D eigenvalue weighted by Crippen LogP contribution is 2.27. The van der Waals surface area contributed by atoms with Crippen LogP contribution < -0.4 is 10.1 Å². The van der Waals surface area contributed by atoms with E-state index in [-0.39, 0.29) is 11.2 Å². The average molecular weight is 347 g/mol. The lowest BCUT2D eigenvalue weighted by molar-refractivity contribution is 0.306. The zero-order chi connectivity index (χ0) is 18.6. The van der Waals surface area contributed by atoms with Crippen LogP contribution in [-0.4, -0.2) is 21.5 Å². The molecular weight excluding hydrogens is 326 g/mol. The normalized spacial score (nSPS) is 11.2. The van der Waals surface area contributed by atoms with Gasteiger partial charge in [-0.25, -0.2) is 9.97 Å². The molecule has 1 aromatic carbocycles. The Kier molecular flexibility index (Phi) is 4.99. The lowest BCUT2D eigenvalue weighted by atomic mass is 9.97. The molecule has 0 fully saturated rings. The molecule has 6 nitrogen and oxygen atoms in total. The number of hydrogen-bond donors (Lipinski definition) is 1. The van der Waals surface area contributed by atoms with E-state index >= 15 is 0 Å². The van der Waals surface area contributed by atoms with Gasteiger partial charge in [-0.05, 0) is 41.3 Å². The molecule has 2 aromatic heterocycles. The van der Waals surface area contributed by atoms with E-state index in [0.717, 1.165) is 23.2 Å². The third-order valence-corrected chi connectivity index (χ3v) is 3.71. The van der Waals surface area contributed by atoms with Gasteiger partial charge in [0.15, 0.2) is 0 Å². The number of ether oxygens (including phenoxy) is 1. The number of nitrogens with zero attached hydrogens (tertiary/aromatic N) is 4. The van der Waals surface area contributed by atoms with Crippen LogP contribution in [0.2, 0.25) is 0 Å². The van der Waals surface area contributed by atoms with Crippen LogP contribution in [0.4, 0.5) is 5.82 Å². The Morgan fingerprint density at radius 1 is 1.12 bits per heavy atom. The van der Waals surface area contributed by atoms with Gasteiger partial charge in [0.2, 0.25) is 5.82 Å². The van der Waals surface area contributed by atoms with Crippen molar-refractivity contribution in [3.05, 3.63) is 54.1 Å². The van der Waals surface area contributed by atoms with E-state index in [2.05, 4.69) is 41.0 Å². The molecule has 0 aliphatic carbocycles. The number of fused-ring (bicyclic) bond motifs is 1. The van der Waals surface area contributed by atoms with Crippen molar-refractivity contribution >= 4 is 16.7 Å². The van der Waals surface area contributed by atoms with Crippen molar-refractivity contribution in [2.75, 3.05) is 11.9 Å². The summed E-state index contributed by atoms with van der Waals surface area (Å²) >= 11 is 0. The van der Waals surface area contributed by atoms with Crippen molar-refractivity contribution in [1.29, 1.82) is 5.26 Å². The van der Waals surface area contributed by atoms with Crippen LogP contribution in [0.15, 0.2) is 42.7 Å². The third-order valence-electron chi connectivity index (χ3n) is 3.71. The standard InChI is InChI=1S/C20H21N5O/c1-20(2,3)13-23-19-16-10-15(26-12-14-6-8-22-9-7-14)4-5-17(16)24-18(11-21)25-19/h4-10H,12-13H2,1-3H3,(H,23,24,25). The Hall–Kier alpha value is -3.20. The second-order valence-corrected chi connectivity index (χ2v) is 7.24. The van der Waals surface area contributed by atoms with Crippen LogP contribution in [0.5, 0.6) is 5.75 Å². The Morgan fingerprint density at radius 2 is 1.88 bits per heavy atom. The molecule has 2 heterocycles. The first kappa shape index (κ1) is 17.6. The molecule has 0 saturated carbocycles. The first-order chi connectivity index (χ1) is 12.4. The molecule has 0 bridgehead atoms. The molecule has 0 radical (unpaired) electrons. The van der Waals surface area contributed by atoms with Gasteiger partial charge in [0, 0.05) is 24.3 Å². The summed E-state index contributed by atoms with van der Waals surface area (Å²) in [5, 5.41) is 13.4. The number of nitriles is 1. The minimum atomic E-state index is 0.0829. The minimum Gasteiger partial charge on any atom is -0.489 e. The average Bonchev–Trinajstić information content (AvgIpc) is 2.64. The SMILES string of the molecule is CC(C)(C)CNc1nc(C#N)nc2ccc(OCc3ccncc3)cc12. The lowest BCUT2D eigenvalue weighted by Gasteiger charge is -2.20. The Labute approximate surface area is 152 Å². The van der Waals surface area contributed by atoms with Crippen molar-refractivity contribution in [3.63, 3.8) is 0 Å². The van der Waals surface area contributed by atoms with E-state index in [9.17, 15) is 5.26 Å². The van der Waals surface area contributed by atoms with Crippen molar-refractivity contribution < 1.29 is 4.74 Å². The van der Waals surface area contributed by atoms with Crippen molar-refractivity contribution in [3.8, 4) is 11.8 Å². The molecule has 3 aromatic rings. The van der Waals surface area contributed by atoms with Crippen molar-refractivity contribution in [2.45, 2.75) is 27.4 Å². The summed E-state index contributed by atoms with van der Waals surface area (Å²) < 4.78 is 5.88. The van der Waals surface area contributed by atoms with E-state index in [1.807, 2.05) is 36.4 Å². The van der Waals surface area contributed by atoms with Crippen LogP contribution in [0.1, 0.15) is 32.2 Å². The smallest absolute Gasteiger partial charge is 0.234 e. The molecule has 0 saturated heterocycles. The molecule has 0 amide bonds. The van der Waals surface area contributed by atoms with Crippen LogP contribution in [0.25, 0.3) is 10.9 Å². The third kappa shape index (κ3) is 4.45. The number of benzene rings is 1. The lowest BCUT2D eigenvalue weighted by Crippen LogP contribution is -2.20. The molecule has 0 atom stereocenters. The van der Waals surface area contributed by atoms with Gasteiger partial charge in [-0.3, -0.25) is 4.98 Å². The second kappa shape index (κ2) is 7.36. The topological polar surface area (TPSA) is 83.7 Å². The maximum Gasteiger partial charge on any atom is 0.234 e. The van der Waals surface area contributed by atoms with Gasteiger partial charge in [-0.2, -0.15) is 5.26 Å². The molecule has 26 heavy (non-hydrogen) atoms. The van der Waals surface area contributed by atoms with Gasteiger partial charge in [0.1, 0.15) is 24.2 Å². The minimum absolute atomic E-state index is 0.0829.